The van der Waals surface area contributed by atoms with Crippen molar-refractivity contribution in [2.75, 3.05) is 26.7 Å². The molecule has 0 spiro atoms. The van der Waals surface area contributed by atoms with Crippen molar-refractivity contribution < 1.29 is 9.53 Å². The number of likely N-dealkylation sites (tertiary alicyclic amines) is 1. The minimum Gasteiger partial charge on any atom is -0.496 e. The van der Waals surface area contributed by atoms with E-state index in [0.717, 1.165) is 36.4 Å². The van der Waals surface area contributed by atoms with Crippen molar-refractivity contribution in [2.24, 2.45) is 11.7 Å². The largest absolute Gasteiger partial charge is 0.496 e. The number of methoxy groups -OCH3 is 1. The number of allylic oxidation sites excluding steroid dienone is 1. The molecule has 108 valence electrons. The molecule has 0 radical (unpaired) electrons. The zero-order chi connectivity index (χ0) is 14.5. The Bertz CT molecular complexity index is 511. The predicted octanol–water partition coefficient (Wildman–Crippen LogP) is 1.91. The number of amides is 1. The molecule has 1 aromatic rings. The lowest BCUT2D eigenvalue weighted by Gasteiger charge is -2.15. The van der Waals surface area contributed by atoms with E-state index in [9.17, 15) is 4.79 Å². The van der Waals surface area contributed by atoms with Gasteiger partial charge in [-0.25, -0.2) is 0 Å². The van der Waals surface area contributed by atoms with Crippen LogP contribution in [0.3, 0.4) is 0 Å². The highest BCUT2D eigenvalue weighted by Crippen LogP contribution is 2.25. The van der Waals surface area contributed by atoms with E-state index in [1.165, 1.54) is 0 Å². The Balaban J connectivity index is 2.12. The Hall–Kier alpha value is -1.81. The molecule has 4 heteroatoms. The summed E-state index contributed by atoms with van der Waals surface area (Å²) < 4.78 is 5.33. The molecule has 0 saturated carbocycles. The molecule has 1 fully saturated rings. The lowest BCUT2D eigenvalue weighted by atomic mass is 10.1. The summed E-state index contributed by atoms with van der Waals surface area (Å²) in [7, 11) is 1.64. The van der Waals surface area contributed by atoms with Gasteiger partial charge in [-0.05, 0) is 37.4 Å². The molecule has 0 aliphatic carbocycles. The average Bonchev–Trinajstić information content (AvgIpc) is 2.96. The van der Waals surface area contributed by atoms with E-state index < -0.39 is 0 Å². The quantitative estimate of drug-likeness (QED) is 0.853. The van der Waals surface area contributed by atoms with Crippen LogP contribution in [0.4, 0.5) is 0 Å². The van der Waals surface area contributed by atoms with E-state index in [1.54, 1.807) is 13.2 Å². The number of nitrogens with two attached hydrogens (primary N) is 1. The number of para-hydroxylation sites is 1. The first-order valence-corrected chi connectivity index (χ1v) is 6.96. The fourth-order valence-electron chi connectivity index (χ4n) is 2.55. The first kappa shape index (κ1) is 14.6. The van der Waals surface area contributed by atoms with Crippen LogP contribution in [-0.4, -0.2) is 37.6 Å². The number of benzene rings is 1. The summed E-state index contributed by atoms with van der Waals surface area (Å²) in [5.74, 6) is 1.29. The maximum Gasteiger partial charge on any atom is 0.246 e. The van der Waals surface area contributed by atoms with Gasteiger partial charge in [-0.15, -0.1) is 0 Å². The summed E-state index contributed by atoms with van der Waals surface area (Å²) in [5.41, 5.74) is 7.53. The Kier molecular flexibility index (Phi) is 4.79. The van der Waals surface area contributed by atoms with Crippen LogP contribution in [-0.2, 0) is 4.79 Å². The van der Waals surface area contributed by atoms with Gasteiger partial charge in [-0.1, -0.05) is 18.2 Å². The fraction of sp³-hybridized carbons (Fsp3) is 0.438. The third-order valence-electron chi connectivity index (χ3n) is 3.80. The molecule has 1 unspecified atom stereocenters. The molecular formula is C16H22N2O2. The number of rotatable bonds is 4. The zero-order valence-electron chi connectivity index (χ0n) is 12.1. The van der Waals surface area contributed by atoms with Gasteiger partial charge in [0, 0.05) is 24.7 Å². The second kappa shape index (κ2) is 6.57. The molecule has 0 aromatic heterocycles. The van der Waals surface area contributed by atoms with E-state index >= 15 is 0 Å². The maximum atomic E-state index is 12.3. The first-order chi connectivity index (χ1) is 9.65. The fourth-order valence-corrected chi connectivity index (χ4v) is 2.55. The van der Waals surface area contributed by atoms with E-state index in [-0.39, 0.29) is 5.91 Å². The van der Waals surface area contributed by atoms with Gasteiger partial charge in [0.15, 0.2) is 0 Å². The molecule has 1 aliphatic rings. The highest BCUT2D eigenvalue weighted by Gasteiger charge is 2.24. The molecule has 20 heavy (non-hydrogen) atoms. The van der Waals surface area contributed by atoms with Gasteiger partial charge in [0.25, 0.3) is 0 Å². The van der Waals surface area contributed by atoms with Crippen LogP contribution in [0.2, 0.25) is 0 Å². The van der Waals surface area contributed by atoms with Gasteiger partial charge < -0.3 is 15.4 Å². The highest BCUT2D eigenvalue weighted by atomic mass is 16.5. The molecule has 1 aliphatic heterocycles. The van der Waals surface area contributed by atoms with Crippen molar-refractivity contribution in [2.45, 2.75) is 13.3 Å². The van der Waals surface area contributed by atoms with Crippen molar-refractivity contribution >= 4 is 11.5 Å². The Labute approximate surface area is 120 Å². The van der Waals surface area contributed by atoms with Gasteiger partial charge >= 0.3 is 0 Å². The SMILES string of the molecule is COc1ccccc1/C(C)=C/C(=O)N1CCC(CN)C1. The third kappa shape index (κ3) is 3.20. The second-order valence-electron chi connectivity index (χ2n) is 5.20. The minimum atomic E-state index is 0.0596. The first-order valence-electron chi connectivity index (χ1n) is 6.96. The van der Waals surface area contributed by atoms with E-state index in [4.69, 9.17) is 10.5 Å². The summed E-state index contributed by atoms with van der Waals surface area (Å²) in [6, 6.07) is 7.73. The predicted molar refractivity (Wildman–Crippen MR) is 80.4 cm³/mol. The number of ether oxygens (including phenoxy) is 1. The molecular weight excluding hydrogens is 252 g/mol. The third-order valence-corrected chi connectivity index (χ3v) is 3.80. The number of nitrogens with zero attached hydrogens (tertiary/aromatic N) is 1. The molecule has 0 bridgehead atoms. The molecule has 4 nitrogen and oxygen atoms in total. The van der Waals surface area contributed by atoms with E-state index in [2.05, 4.69) is 0 Å². The number of carbonyl (C=O) groups excluding carboxylic acids is 1. The molecule has 2 rings (SSSR count). The normalized spacial score (nSPS) is 19.2. The molecule has 1 saturated heterocycles. The summed E-state index contributed by atoms with van der Waals surface area (Å²) in [6.45, 7) is 4.16. The lowest BCUT2D eigenvalue weighted by Crippen LogP contribution is -2.28. The van der Waals surface area contributed by atoms with Crippen molar-refractivity contribution in [1.29, 1.82) is 0 Å². The maximum absolute atomic E-state index is 12.3. The van der Waals surface area contributed by atoms with Crippen LogP contribution in [0.5, 0.6) is 5.75 Å². The summed E-state index contributed by atoms with van der Waals surface area (Å²) in [6.07, 6.45) is 2.69. The minimum absolute atomic E-state index is 0.0596. The number of hydrogen-bond acceptors (Lipinski definition) is 3. The van der Waals surface area contributed by atoms with Crippen LogP contribution in [0.25, 0.3) is 5.57 Å². The second-order valence-corrected chi connectivity index (χ2v) is 5.20. The highest BCUT2D eigenvalue weighted by molar-refractivity contribution is 5.95. The van der Waals surface area contributed by atoms with Crippen molar-refractivity contribution in [3.05, 3.63) is 35.9 Å². The number of hydrogen-bond donors (Lipinski definition) is 1. The van der Waals surface area contributed by atoms with Crippen LogP contribution >= 0.6 is 0 Å². The lowest BCUT2D eigenvalue weighted by molar-refractivity contribution is -0.125. The van der Waals surface area contributed by atoms with Crippen molar-refractivity contribution in [3.8, 4) is 5.75 Å². The molecule has 1 atom stereocenters. The van der Waals surface area contributed by atoms with Gasteiger partial charge in [0.1, 0.15) is 5.75 Å². The van der Waals surface area contributed by atoms with Gasteiger partial charge in [0.2, 0.25) is 5.91 Å². The topological polar surface area (TPSA) is 55.6 Å². The van der Waals surface area contributed by atoms with Crippen LogP contribution in [0.15, 0.2) is 30.3 Å². The van der Waals surface area contributed by atoms with Crippen LogP contribution in [0, 0.1) is 5.92 Å². The molecule has 1 aromatic carbocycles. The van der Waals surface area contributed by atoms with Gasteiger partial charge in [-0.3, -0.25) is 4.79 Å². The Morgan fingerprint density at radius 2 is 2.25 bits per heavy atom. The number of carbonyl (C=O) groups is 1. The van der Waals surface area contributed by atoms with Crippen LogP contribution in [0.1, 0.15) is 18.9 Å². The van der Waals surface area contributed by atoms with Gasteiger partial charge in [0.05, 0.1) is 7.11 Å². The Morgan fingerprint density at radius 1 is 1.50 bits per heavy atom. The van der Waals surface area contributed by atoms with Gasteiger partial charge in [-0.2, -0.15) is 0 Å². The molecule has 1 amide bonds. The zero-order valence-corrected chi connectivity index (χ0v) is 12.1. The summed E-state index contributed by atoms with van der Waals surface area (Å²) in [5, 5.41) is 0. The van der Waals surface area contributed by atoms with E-state index in [0.29, 0.717) is 12.5 Å². The molecule has 2 N–H and O–H groups in total. The van der Waals surface area contributed by atoms with Crippen molar-refractivity contribution in [1.82, 2.24) is 4.90 Å². The van der Waals surface area contributed by atoms with E-state index in [1.807, 2.05) is 36.1 Å². The van der Waals surface area contributed by atoms with Crippen LogP contribution < -0.4 is 10.5 Å². The standard InChI is InChI=1S/C16H22N2O2/c1-12(14-5-3-4-6-15(14)20-2)9-16(19)18-8-7-13(10-17)11-18/h3-6,9,13H,7-8,10-11,17H2,1-2H3/b12-9+. The van der Waals surface area contributed by atoms with Crippen molar-refractivity contribution in [3.63, 3.8) is 0 Å². The monoisotopic (exact) mass is 274 g/mol. The summed E-state index contributed by atoms with van der Waals surface area (Å²) >= 11 is 0. The Morgan fingerprint density at radius 3 is 2.90 bits per heavy atom. The average molecular weight is 274 g/mol. The smallest absolute Gasteiger partial charge is 0.246 e. The summed E-state index contributed by atoms with van der Waals surface area (Å²) in [4.78, 5) is 14.1. The molecule has 1 heterocycles.